The summed E-state index contributed by atoms with van der Waals surface area (Å²) in [6, 6.07) is 16.6. The van der Waals surface area contributed by atoms with E-state index < -0.39 is 0 Å². The lowest BCUT2D eigenvalue weighted by Gasteiger charge is -2.08. The van der Waals surface area contributed by atoms with Crippen LogP contribution in [-0.2, 0) is 6.54 Å². The molecule has 27 heavy (non-hydrogen) atoms. The Kier molecular flexibility index (Phi) is 4.77. The molecule has 1 amide bonds. The van der Waals surface area contributed by atoms with Gasteiger partial charge in [0, 0.05) is 34.6 Å². The van der Waals surface area contributed by atoms with Crippen LogP contribution < -0.4 is 5.32 Å². The van der Waals surface area contributed by atoms with Gasteiger partial charge in [-0.2, -0.15) is 0 Å². The van der Waals surface area contributed by atoms with E-state index in [1.165, 1.54) is 0 Å². The van der Waals surface area contributed by atoms with Gasteiger partial charge in [-0.3, -0.25) is 14.8 Å². The van der Waals surface area contributed by atoms with Crippen LogP contribution in [0.25, 0.3) is 22.0 Å². The zero-order valence-corrected chi connectivity index (χ0v) is 15.0. The highest BCUT2D eigenvalue weighted by Gasteiger charge is 2.12. The molecule has 0 aliphatic rings. The zero-order chi connectivity index (χ0) is 18.6. The van der Waals surface area contributed by atoms with E-state index in [2.05, 4.69) is 20.3 Å². The summed E-state index contributed by atoms with van der Waals surface area (Å²) in [5.74, 6) is -0.249. The molecule has 0 radical (unpaired) electrons. The average Bonchev–Trinajstić information content (AvgIpc) is 2.72. The first-order chi connectivity index (χ1) is 13.2. The molecule has 0 saturated heterocycles. The first-order valence-electron chi connectivity index (χ1n) is 8.39. The Morgan fingerprint density at radius 1 is 1.00 bits per heavy atom. The number of hydrogen-bond acceptors (Lipinski definition) is 4. The van der Waals surface area contributed by atoms with Crippen molar-refractivity contribution in [1.29, 1.82) is 0 Å². The smallest absolute Gasteiger partial charge is 0.270 e. The molecule has 6 heteroatoms. The molecular weight excluding hydrogens is 360 g/mol. The lowest BCUT2D eigenvalue weighted by Crippen LogP contribution is -2.24. The highest BCUT2D eigenvalue weighted by Crippen LogP contribution is 2.27. The number of nitrogens with zero attached hydrogens (tertiary/aromatic N) is 3. The molecule has 0 spiro atoms. The number of nitrogens with one attached hydrogen (secondary N) is 1. The van der Waals surface area contributed by atoms with Gasteiger partial charge in [-0.05, 0) is 42.0 Å². The van der Waals surface area contributed by atoms with Gasteiger partial charge < -0.3 is 5.32 Å². The normalized spacial score (nSPS) is 10.7. The zero-order valence-electron chi connectivity index (χ0n) is 14.3. The fourth-order valence-corrected chi connectivity index (χ4v) is 2.90. The van der Waals surface area contributed by atoms with Crippen LogP contribution in [0.5, 0.6) is 0 Å². The van der Waals surface area contributed by atoms with Gasteiger partial charge in [0.2, 0.25) is 0 Å². The maximum absolute atomic E-state index is 12.5. The Morgan fingerprint density at radius 3 is 2.63 bits per heavy atom. The van der Waals surface area contributed by atoms with Crippen molar-refractivity contribution in [2.75, 3.05) is 0 Å². The maximum atomic E-state index is 12.5. The molecule has 1 N–H and O–H groups in total. The van der Waals surface area contributed by atoms with Gasteiger partial charge >= 0.3 is 0 Å². The second-order valence-electron chi connectivity index (χ2n) is 5.97. The minimum absolute atomic E-state index is 0.249. The van der Waals surface area contributed by atoms with E-state index in [9.17, 15) is 4.79 Å². The fourth-order valence-electron chi connectivity index (χ4n) is 2.77. The summed E-state index contributed by atoms with van der Waals surface area (Å²) in [5, 5.41) is 4.38. The third kappa shape index (κ3) is 3.78. The minimum Gasteiger partial charge on any atom is -0.345 e. The first kappa shape index (κ1) is 17.1. The van der Waals surface area contributed by atoms with E-state index in [1.54, 1.807) is 24.7 Å². The van der Waals surface area contributed by atoms with Crippen molar-refractivity contribution in [1.82, 2.24) is 20.3 Å². The van der Waals surface area contributed by atoms with Crippen LogP contribution in [0.3, 0.4) is 0 Å². The van der Waals surface area contributed by atoms with Crippen LogP contribution in [0.1, 0.15) is 16.2 Å². The molecule has 0 atom stereocenters. The highest BCUT2D eigenvalue weighted by molar-refractivity contribution is 6.30. The van der Waals surface area contributed by atoms with Crippen LogP contribution in [-0.4, -0.2) is 20.9 Å². The topological polar surface area (TPSA) is 67.8 Å². The second-order valence-corrected chi connectivity index (χ2v) is 6.40. The molecule has 3 heterocycles. The summed E-state index contributed by atoms with van der Waals surface area (Å²) < 4.78 is 0. The SMILES string of the molecule is O=C(NCc1ccccn1)c1ccc2cncc(-c3ccc(Cl)cc3)c2n1. The van der Waals surface area contributed by atoms with Crippen LogP contribution in [0.15, 0.2) is 73.2 Å². The molecule has 0 aliphatic carbocycles. The van der Waals surface area contributed by atoms with Gasteiger partial charge in [-0.25, -0.2) is 4.98 Å². The van der Waals surface area contributed by atoms with Gasteiger partial charge in [-0.15, -0.1) is 0 Å². The van der Waals surface area contributed by atoms with E-state index in [-0.39, 0.29) is 5.91 Å². The number of amides is 1. The van der Waals surface area contributed by atoms with Crippen LogP contribution >= 0.6 is 11.6 Å². The number of halogens is 1. The number of pyridine rings is 3. The van der Waals surface area contributed by atoms with Crippen molar-refractivity contribution in [3.8, 4) is 11.1 Å². The fraction of sp³-hybridized carbons (Fsp3) is 0.0476. The summed E-state index contributed by atoms with van der Waals surface area (Å²) in [4.78, 5) is 25.6. The van der Waals surface area contributed by atoms with Crippen molar-refractivity contribution in [2.45, 2.75) is 6.54 Å². The number of aromatic nitrogens is 3. The summed E-state index contributed by atoms with van der Waals surface area (Å²) >= 11 is 5.98. The third-order valence-electron chi connectivity index (χ3n) is 4.14. The minimum atomic E-state index is -0.249. The quantitative estimate of drug-likeness (QED) is 0.579. The van der Waals surface area contributed by atoms with Crippen molar-refractivity contribution in [3.63, 3.8) is 0 Å². The van der Waals surface area contributed by atoms with Crippen LogP contribution in [0, 0.1) is 0 Å². The van der Waals surface area contributed by atoms with E-state index in [0.29, 0.717) is 17.3 Å². The molecule has 4 rings (SSSR count). The van der Waals surface area contributed by atoms with Gasteiger partial charge in [0.25, 0.3) is 5.91 Å². The third-order valence-corrected chi connectivity index (χ3v) is 4.39. The highest BCUT2D eigenvalue weighted by atomic mass is 35.5. The number of rotatable bonds is 4. The van der Waals surface area contributed by atoms with E-state index in [0.717, 1.165) is 27.7 Å². The predicted molar refractivity (Wildman–Crippen MR) is 105 cm³/mol. The van der Waals surface area contributed by atoms with Crippen molar-refractivity contribution in [3.05, 3.63) is 89.6 Å². The molecule has 0 fully saturated rings. The number of fused-ring (bicyclic) bond motifs is 1. The van der Waals surface area contributed by atoms with Crippen LogP contribution in [0.4, 0.5) is 0 Å². The molecule has 3 aromatic heterocycles. The van der Waals surface area contributed by atoms with E-state index in [4.69, 9.17) is 11.6 Å². The molecule has 0 saturated carbocycles. The Balaban J connectivity index is 1.65. The number of carbonyl (C=O) groups excluding carboxylic acids is 1. The monoisotopic (exact) mass is 374 g/mol. The molecule has 5 nitrogen and oxygen atoms in total. The second kappa shape index (κ2) is 7.51. The molecule has 0 aliphatic heterocycles. The summed E-state index contributed by atoms with van der Waals surface area (Å²) in [7, 11) is 0. The summed E-state index contributed by atoms with van der Waals surface area (Å²) in [6.45, 7) is 0.347. The molecule has 1 aromatic carbocycles. The Morgan fingerprint density at radius 2 is 1.85 bits per heavy atom. The van der Waals surface area contributed by atoms with Crippen molar-refractivity contribution in [2.24, 2.45) is 0 Å². The summed E-state index contributed by atoms with van der Waals surface area (Å²) in [6.07, 6.45) is 5.17. The molecule has 0 bridgehead atoms. The molecular formula is C21H15ClN4O. The largest absolute Gasteiger partial charge is 0.345 e. The summed E-state index contributed by atoms with van der Waals surface area (Å²) in [5.41, 5.74) is 3.65. The molecule has 4 aromatic rings. The maximum Gasteiger partial charge on any atom is 0.270 e. The van der Waals surface area contributed by atoms with Gasteiger partial charge in [0.05, 0.1) is 17.8 Å². The van der Waals surface area contributed by atoms with Crippen molar-refractivity contribution >= 4 is 28.4 Å². The van der Waals surface area contributed by atoms with Gasteiger partial charge in [0.15, 0.2) is 0 Å². The number of hydrogen-bond donors (Lipinski definition) is 1. The van der Waals surface area contributed by atoms with E-state index in [1.807, 2.05) is 48.5 Å². The molecule has 0 unspecified atom stereocenters. The Bertz CT molecular complexity index is 1100. The lowest BCUT2D eigenvalue weighted by molar-refractivity contribution is 0.0946. The van der Waals surface area contributed by atoms with Crippen LogP contribution in [0.2, 0.25) is 5.02 Å². The Labute approximate surface area is 161 Å². The lowest BCUT2D eigenvalue weighted by atomic mass is 10.0. The first-order valence-corrected chi connectivity index (χ1v) is 8.77. The average molecular weight is 375 g/mol. The van der Waals surface area contributed by atoms with Gasteiger partial charge in [-0.1, -0.05) is 29.8 Å². The number of carbonyl (C=O) groups is 1. The van der Waals surface area contributed by atoms with E-state index >= 15 is 0 Å². The molecule has 132 valence electrons. The Hall–Kier alpha value is -3.31. The predicted octanol–water partition coefficient (Wildman–Crippen LogP) is 4.28. The van der Waals surface area contributed by atoms with Crippen molar-refractivity contribution < 1.29 is 4.79 Å². The standard InChI is InChI=1S/C21H15ClN4O/c22-16-7-4-14(5-8-16)18-13-23-11-15-6-9-19(26-20(15)18)21(27)25-12-17-3-1-2-10-24-17/h1-11,13H,12H2,(H,25,27). The number of benzene rings is 1. The van der Waals surface area contributed by atoms with Gasteiger partial charge in [0.1, 0.15) is 5.69 Å².